The molecule has 3 aliphatic rings. The number of anilines is 1. The second-order valence-electron chi connectivity index (χ2n) is 11.0. The third kappa shape index (κ3) is 3.65. The van der Waals surface area contributed by atoms with Crippen LogP contribution in [0.3, 0.4) is 0 Å². The average Bonchev–Trinajstić information content (AvgIpc) is 2.88. The van der Waals surface area contributed by atoms with Gasteiger partial charge in [-0.3, -0.25) is 19.3 Å². The molecule has 210 valence electrons. The van der Waals surface area contributed by atoms with Gasteiger partial charge in [-0.25, -0.2) is 4.39 Å². The summed E-state index contributed by atoms with van der Waals surface area (Å²) in [6, 6.07) is 7.26. The summed E-state index contributed by atoms with van der Waals surface area (Å²) in [5.41, 5.74) is 3.24. The van der Waals surface area contributed by atoms with Crippen LogP contribution in [0.4, 0.5) is 10.1 Å². The van der Waals surface area contributed by atoms with Crippen LogP contribution in [-0.4, -0.2) is 82.6 Å². The minimum atomic E-state index is -2.75. The van der Waals surface area contributed by atoms with Gasteiger partial charge in [0.1, 0.15) is 17.1 Å². The van der Waals surface area contributed by atoms with Crippen LogP contribution in [0.5, 0.6) is 5.75 Å². The van der Waals surface area contributed by atoms with Crippen molar-refractivity contribution in [3.8, 4) is 16.9 Å². The second kappa shape index (κ2) is 9.17. The number of likely N-dealkylation sites (N-methyl/N-ethyl adjacent to an activating group) is 1. The molecule has 0 aliphatic heterocycles. The van der Waals surface area contributed by atoms with E-state index in [1.807, 2.05) is 31.1 Å². The van der Waals surface area contributed by atoms with E-state index in [9.17, 15) is 34.8 Å². The third-order valence-electron chi connectivity index (χ3n) is 8.37. The molecular formula is C29H30FN3O7. The number of primary amides is 1. The number of rotatable bonds is 4. The molecular weight excluding hydrogens is 521 g/mol. The van der Waals surface area contributed by atoms with Gasteiger partial charge in [-0.15, -0.1) is 0 Å². The Bertz CT molecular complexity index is 1540. The zero-order chi connectivity index (χ0) is 29.4. The van der Waals surface area contributed by atoms with Gasteiger partial charge in [0.15, 0.2) is 23.0 Å². The molecule has 2 aromatic rings. The molecule has 11 heteroatoms. The molecule has 3 aliphatic carbocycles. The summed E-state index contributed by atoms with van der Waals surface area (Å²) in [7, 11) is 6.86. The van der Waals surface area contributed by atoms with Crippen molar-refractivity contribution in [2.24, 2.45) is 17.6 Å². The van der Waals surface area contributed by atoms with E-state index < -0.39 is 69.6 Å². The molecule has 4 atom stereocenters. The molecule has 0 aromatic heterocycles. The van der Waals surface area contributed by atoms with Crippen molar-refractivity contribution < 1.29 is 39.2 Å². The number of aliphatic hydroxyl groups excluding tert-OH is 2. The first kappa shape index (κ1) is 27.4. The molecule has 6 N–H and O–H groups in total. The van der Waals surface area contributed by atoms with Crippen molar-refractivity contribution in [1.29, 1.82) is 0 Å². The number of fused-ring (bicyclic) bond motifs is 3. The van der Waals surface area contributed by atoms with E-state index in [0.717, 1.165) is 11.8 Å². The highest BCUT2D eigenvalue weighted by Gasteiger charge is 2.63. The molecule has 0 heterocycles. The molecule has 0 bridgehead atoms. The monoisotopic (exact) mass is 551 g/mol. The highest BCUT2D eigenvalue weighted by Crippen LogP contribution is 2.53. The van der Waals surface area contributed by atoms with Crippen LogP contribution in [0.2, 0.25) is 0 Å². The van der Waals surface area contributed by atoms with E-state index >= 15 is 4.39 Å². The van der Waals surface area contributed by atoms with Crippen LogP contribution in [0, 0.1) is 17.7 Å². The minimum absolute atomic E-state index is 0.0527. The lowest BCUT2D eigenvalue weighted by molar-refractivity contribution is -0.148. The lowest BCUT2D eigenvalue weighted by Gasteiger charge is -2.50. The van der Waals surface area contributed by atoms with Gasteiger partial charge in [-0.05, 0) is 67.7 Å². The Morgan fingerprint density at radius 2 is 1.70 bits per heavy atom. The fourth-order valence-electron chi connectivity index (χ4n) is 6.48. The summed E-state index contributed by atoms with van der Waals surface area (Å²) in [5, 5.41) is 44.6. The van der Waals surface area contributed by atoms with Crippen LogP contribution in [-0.2, 0) is 16.0 Å². The number of allylic oxidation sites excluding steroid dienone is 1. The van der Waals surface area contributed by atoms with E-state index in [-0.39, 0.29) is 24.0 Å². The van der Waals surface area contributed by atoms with Crippen molar-refractivity contribution in [3.05, 3.63) is 69.9 Å². The van der Waals surface area contributed by atoms with Gasteiger partial charge in [0.2, 0.25) is 5.78 Å². The predicted octanol–water partition coefficient (Wildman–Crippen LogP) is 1.99. The van der Waals surface area contributed by atoms with Gasteiger partial charge in [0.25, 0.3) is 5.91 Å². The van der Waals surface area contributed by atoms with Crippen molar-refractivity contribution in [2.45, 2.75) is 24.5 Å². The number of halogens is 1. The van der Waals surface area contributed by atoms with Gasteiger partial charge in [0, 0.05) is 31.3 Å². The topological polar surface area (TPSA) is 165 Å². The molecule has 0 fully saturated rings. The van der Waals surface area contributed by atoms with E-state index in [4.69, 9.17) is 5.73 Å². The highest BCUT2D eigenvalue weighted by molar-refractivity contribution is 6.24. The van der Waals surface area contributed by atoms with E-state index in [1.54, 1.807) is 26.2 Å². The molecule has 4 unspecified atom stereocenters. The lowest BCUT2D eigenvalue weighted by Crippen LogP contribution is -2.63. The third-order valence-corrected chi connectivity index (χ3v) is 8.37. The smallest absolute Gasteiger partial charge is 0.255 e. The summed E-state index contributed by atoms with van der Waals surface area (Å²) < 4.78 is 15.0. The van der Waals surface area contributed by atoms with Crippen molar-refractivity contribution in [3.63, 3.8) is 0 Å². The molecule has 40 heavy (non-hydrogen) atoms. The molecule has 0 spiro atoms. The summed E-state index contributed by atoms with van der Waals surface area (Å²) in [6.07, 6.45) is 0.00997. The summed E-state index contributed by atoms with van der Waals surface area (Å²) in [5.74, 6) is -9.05. The van der Waals surface area contributed by atoms with E-state index in [0.29, 0.717) is 16.7 Å². The van der Waals surface area contributed by atoms with Gasteiger partial charge in [0.05, 0.1) is 11.6 Å². The number of aromatic hydroxyl groups is 1. The molecule has 0 radical (unpaired) electrons. The van der Waals surface area contributed by atoms with Crippen LogP contribution in [0.15, 0.2) is 53.0 Å². The van der Waals surface area contributed by atoms with Gasteiger partial charge < -0.3 is 31.1 Å². The summed E-state index contributed by atoms with van der Waals surface area (Å²) in [6.45, 7) is 0. The first-order valence-corrected chi connectivity index (χ1v) is 12.7. The number of hydrogen-bond acceptors (Lipinski definition) is 9. The average molecular weight is 552 g/mol. The summed E-state index contributed by atoms with van der Waals surface area (Å²) in [4.78, 5) is 42.7. The van der Waals surface area contributed by atoms with Crippen molar-refractivity contribution in [1.82, 2.24) is 4.90 Å². The number of phenolic OH excluding ortho intramolecular Hbond substituents is 1. The van der Waals surface area contributed by atoms with E-state index in [1.165, 1.54) is 4.90 Å². The number of carbonyl (C=O) groups excluding carboxylic acids is 3. The number of hydrogen-bond donors (Lipinski definition) is 5. The Balaban J connectivity index is 1.72. The van der Waals surface area contributed by atoms with Crippen molar-refractivity contribution in [2.75, 3.05) is 33.1 Å². The van der Waals surface area contributed by atoms with Crippen LogP contribution < -0.4 is 10.6 Å². The number of amides is 1. The van der Waals surface area contributed by atoms with Crippen LogP contribution in [0.1, 0.15) is 22.3 Å². The van der Waals surface area contributed by atoms with Crippen LogP contribution in [0.25, 0.3) is 11.1 Å². The number of ketones is 2. The molecule has 0 saturated heterocycles. The maximum absolute atomic E-state index is 15.0. The lowest BCUT2D eigenvalue weighted by atomic mass is 9.58. The number of benzene rings is 2. The zero-order valence-electron chi connectivity index (χ0n) is 22.4. The molecule has 10 nitrogen and oxygen atoms in total. The Hall–Kier alpha value is -4.22. The number of phenols is 1. The first-order valence-electron chi connectivity index (χ1n) is 12.7. The zero-order valence-corrected chi connectivity index (χ0v) is 22.4. The molecule has 5 rings (SSSR count). The number of carbonyl (C=O) groups is 3. The van der Waals surface area contributed by atoms with Gasteiger partial charge >= 0.3 is 0 Å². The number of aliphatic hydroxyl groups is 3. The maximum Gasteiger partial charge on any atom is 0.255 e. The Morgan fingerprint density at radius 1 is 1.07 bits per heavy atom. The number of nitrogens with two attached hydrogens (primary N) is 1. The molecule has 1 amide bonds. The first-order chi connectivity index (χ1) is 18.7. The predicted molar refractivity (Wildman–Crippen MR) is 143 cm³/mol. The SMILES string of the molecule is CN(C)c1ccc(-c2cc(F)c(O)c3c2CC2CC4C(N(C)C)C(O)=C(C(N)=O)C(=O)C4(O)C(O)=C2C3=O)cc1. The Labute approximate surface area is 229 Å². The van der Waals surface area contributed by atoms with E-state index in [2.05, 4.69) is 0 Å². The fourth-order valence-corrected chi connectivity index (χ4v) is 6.48. The Morgan fingerprint density at radius 3 is 2.25 bits per heavy atom. The normalized spacial score (nSPS) is 26.0. The van der Waals surface area contributed by atoms with Crippen LogP contribution >= 0.6 is 0 Å². The van der Waals surface area contributed by atoms with Crippen molar-refractivity contribution >= 4 is 23.2 Å². The number of nitrogens with zero attached hydrogens (tertiary/aromatic N) is 2. The van der Waals surface area contributed by atoms with Gasteiger partial charge in [-0.2, -0.15) is 0 Å². The minimum Gasteiger partial charge on any atom is -0.510 e. The fraction of sp³-hybridized carbons (Fsp3) is 0.345. The molecule has 0 saturated carbocycles. The number of Topliss-reactive ketones (excluding diaryl/α,β-unsaturated/α-hetero) is 2. The van der Waals surface area contributed by atoms with Gasteiger partial charge in [-0.1, -0.05) is 12.1 Å². The highest BCUT2D eigenvalue weighted by atomic mass is 19.1. The Kier molecular flexibility index (Phi) is 6.27. The largest absolute Gasteiger partial charge is 0.510 e. The standard InChI is InChI=1S/C29H30FN3O7/c1-32(2)14-7-5-12(6-8-14)15-11-18(30)23(34)20-16(15)9-13-10-17-22(33(3)4)25(36)21(28(31)39)27(38)29(17,40)26(37)19(13)24(20)35/h5-8,11,13,17,22,34,36-37,40H,9-10H2,1-4H3,(H2,31,39). The maximum atomic E-state index is 15.0. The quantitative estimate of drug-likeness (QED) is 0.358. The second-order valence-corrected chi connectivity index (χ2v) is 11.0. The molecule has 2 aromatic carbocycles. The summed E-state index contributed by atoms with van der Waals surface area (Å²) >= 11 is 0.